The Hall–Kier alpha value is -2.03. The van der Waals surface area contributed by atoms with Crippen molar-refractivity contribution in [1.82, 2.24) is 9.88 Å². The molecule has 1 aromatic heterocycles. The van der Waals surface area contributed by atoms with Crippen LogP contribution < -0.4 is 10.5 Å². The van der Waals surface area contributed by atoms with Gasteiger partial charge < -0.3 is 20.5 Å². The van der Waals surface area contributed by atoms with E-state index in [2.05, 4.69) is 23.1 Å². The summed E-state index contributed by atoms with van der Waals surface area (Å²) in [6.45, 7) is 3.69. The van der Waals surface area contributed by atoms with Crippen LogP contribution in [0.3, 0.4) is 0 Å². The fourth-order valence-corrected chi connectivity index (χ4v) is 6.13. The molecule has 0 radical (unpaired) electrons. The highest BCUT2D eigenvalue weighted by molar-refractivity contribution is 6.32. The van der Waals surface area contributed by atoms with Crippen molar-refractivity contribution in [1.29, 1.82) is 0 Å². The monoisotopic (exact) mass is 687 g/mol. The molecule has 0 amide bonds. The molecule has 1 saturated heterocycles. The first-order valence-electron chi connectivity index (χ1n) is 14.0. The Balaban J connectivity index is 0.00000215. The molecule has 2 heterocycles. The normalized spacial score (nSPS) is 15.0. The van der Waals surface area contributed by atoms with Gasteiger partial charge >= 0.3 is 5.97 Å². The van der Waals surface area contributed by atoms with Crippen LogP contribution >= 0.6 is 60.4 Å². The van der Waals surface area contributed by atoms with E-state index < -0.39 is 12.0 Å². The van der Waals surface area contributed by atoms with E-state index >= 15 is 0 Å². The Bertz CT molecular complexity index is 1410. The summed E-state index contributed by atoms with van der Waals surface area (Å²) in [7, 11) is 0. The summed E-state index contributed by atoms with van der Waals surface area (Å²) in [5.41, 5.74) is 14.3. The molecule has 2 aliphatic rings. The number of pyridine rings is 1. The average molecular weight is 690 g/mol. The molecule has 0 spiro atoms. The Labute approximate surface area is 282 Å². The molecular weight excluding hydrogens is 652 g/mol. The lowest BCUT2D eigenvalue weighted by Gasteiger charge is -2.30. The van der Waals surface area contributed by atoms with Crippen LogP contribution in [0.25, 0.3) is 5.57 Å². The second-order valence-electron chi connectivity index (χ2n) is 10.6. The molecule has 11 heteroatoms. The number of ether oxygens (including phenoxy) is 1. The number of hydrogen-bond donors (Lipinski definition) is 2. The van der Waals surface area contributed by atoms with E-state index in [-0.39, 0.29) is 43.6 Å². The van der Waals surface area contributed by atoms with E-state index in [0.29, 0.717) is 17.4 Å². The van der Waals surface area contributed by atoms with Crippen LogP contribution in [0.5, 0.6) is 5.75 Å². The van der Waals surface area contributed by atoms with Crippen molar-refractivity contribution in [2.45, 2.75) is 51.0 Å². The van der Waals surface area contributed by atoms with Crippen LogP contribution in [0, 0.1) is 0 Å². The fourth-order valence-electron chi connectivity index (χ4n) is 5.68. The van der Waals surface area contributed by atoms with Crippen molar-refractivity contribution in [2.75, 3.05) is 26.2 Å². The maximum atomic E-state index is 11.0. The first-order valence-corrected chi connectivity index (χ1v) is 14.7. The number of halogens is 5. The summed E-state index contributed by atoms with van der Waals surface area (Å²) < 4.78 is 5.89. The lowest BCUT2D eigenvalue weighted by atomic mass is 9.88. The summed E-state index contributed by atoms with van der Waals surface area (Å²) >= 11 is 12.7. The highest BCUT2D eigenvalue weighted by Gasteiger charge is 2.25. The van der Waals surface area contributed by atoms with E-state index in [9.17, 15) is 4.79 Å². The molecule has 1 fully saturated rings. The maximum absolute atomic E-state index is 11.0. The Morgan fingerprint density at radius 1 is 0.977 bits per heavy atom. The van der Waals surface area contributed by atoms with Crippen molar-refractivity contribution in [2.24, 2.45) is 5.73 Å². The number of unbranched alkanes of at least 4 members (excludes halogenated alkanes) is 1. The number of carboxylic acid groups (broad SMARTS) is 1. The van der Waals surface area contributed by atoms with Crippen molar-refractivity contribution < 1.29 is 14.6 Å². The predicted molar refractivity (Wildman–Crippen MR) is 182 cm³/mol. The zero-order valence-corrected chi connectivity index (χ0v) is 27.7. The van der Waals surface area contributed by atoms with Crippen molar-refractivity contribution in [3.05, 3.63) is 98.3 Å². The minimum atomic E-state index is -1.03. The number of aryl methyl sites for hydroxylation is 2. The predicted octanol–water partition coefficient (Wildman–Crippen LogP) is 7.46. The average Bonchev–Trinajstić information content (AvgIpc) is 3.11. The summed E-state index contributed by atoms with van der Waals surface area (Å²) in [4.78, 5) is 18.4. The lowest BCUT2D eigenvalue weighted by molar-refractivity contribution is -0.138. The van der Waals surface area contributed by atoms with Gasteiger partial charge in [0.25, 0.3) is 0 Å². The summed E-state index contributed by atoms with van der Waals surface area (Å²) in [6, 6.07) is 15.0. The number of likely N-dealkylation sites (tertiary alicyclic amines) is 1. The third-order valence-electron chi connectivity index (χ3n) is 7.84. The second-order valence-corrected chi connectivity index (χ2v) is 11.4. The van der Waals surface area contributed by atoms with Crippen LogP contribution in [-0.2, 0) is 24.1 Å². The van der Waals surface area contributed by atoms with Gasteiger partial charge in [0, 0.05) is 29.9 Å². The van der Waals surface area contributed by atoms with Gasteiger partial charge in [0.1, 0.15) is 11.8 Å². The standard InChI is InChI=1S/C32H35Cl2N3O3.3ClH/c33-25-8-9-26-24(20-25)7-6-23-4-3-13-36-31(23)30(26)22-11-15-37(16-12-22)14-1-2-17-40-29-10-5-21(18-27(29)34)19-28(35)32(38)39;;;/h3-5,8-10,13,18,20,28H,1-2,6-7,11-12,14-17,19,35H2,(H,38,39);3*1H/t28-;;;/m0.../s1. The van der Waals surface area contributed by atoms with Gasteiger partial charge in [-0.15, -0.1) is 37.2 Å². The summed E-state index contributed by atoms with van der Waals surface area (Å²) in [5, 5.41) is 10.3. The third-order valence-corrected chi connectivity index (χ3v) is 8.37. The highest BCUT2D eigenvalue weighted by Crippen LogP contribution is 2.38. The summed E-state index contributed by atoms with van der Waals surface area (Å²) in [5.74, 6) is -0.414. The van der Waals surface area contributed by atoms with Crippen molar-refractivity contribution >= 4 is 72.0 Å². The Morgan fingerprint density at radius 3 is 2.44 bits per heavy atom. The molecule has 6 nitrogen and oxygen atoms in total. The molecule has 43 heavy (non-hydrogen) atoms. The largest absolute Gasteiger partial charge is 0.492 e. The molecule has 1 aliphatic carbocycles. The number of nitrogens with zero attached hydrogens (tertiary/aromatic N) is 2. The van der Waals surface area contributed by atoms with Gasteiger partial charge in [-0.1, -0.05) is 47.0 Å². The SMILES string of the molecule is Cl.Cl.Cl.N[C@@H](Cc1ccc(OCCCCN2CCC(=C3c4ccc(Cl)cc4CCc4cccnc43)CC2)c(Cl)c1)C(=O)O. The van der Waals surface area contributed by atoms with Gasteiger partial charge in [-0.2, -0.15) is 0 Å². The van der Waals surface area contributed by atoms with E-state index in [0.717, 1.165) is 74.4 Å². The van der Waals surface area contributed by atoms with Crippen LogP contribution in [0.15, 0.2) is 60.3 Å². The molecule has 0 unspecified atom stereocenters. The second kappa shape index (κ2) is 17.5. The van der Waals surface area contributed by atoms with E-state index in [1.54, 1.807) is 12.1 Å². The zero-order valence-electron chi connectivity index (χ0n) is 23.8. The maximum Gasteiger partial charge on any atom is 0.320 e. The zero-order chi connectivity index (χ0) is 28.1. The summed E-state index contributed by atoms with van der Waals surface area (Å²) in [6.07, 6.45) is 8.15. The van der Waals surface area contributed by atoms with Gasteiger partial charge in [0.2, 0.25) is 0 Å². The molecule has 1 atom stereocenters. The van der Waals surface area contributed by atoms with Gasteiger partial charge in [-0.3, -0.25) is 9.78 Å². The molecule has 2 aromatic carbocycles. The minimum absolute atomic E-state index is 0. The van der Waals surface area contributed by atoms with Crippen molar-refractivity contribution in [3.63, 3.8) is 0 Å². The van der Waals surface area contributed by atoms with Crippen molar-refractivity contribution in [3.8, 4) is 5.75 Å². The minimum Gasteiger partial charge on any atom is -0.492 e. The first kappa shape index (κ1) is 37.2. The molecule has 5 rings (SSSR count). The van der Waals surface area contributed by atoms with Crippen LogP contribution in [-0.4, -0.2) is 53.2 Å². The Kier molecular flexibility index (Phi) is 15.1. The number of aliphatic carboxylic acids is 1. The van der Waals surface area contributed by atoms with E-state index in [1.165, 1.54) is 27.8 Å². The molecule has 234 valence electrons. The van der Waals surface area contributed by atoms with E-state index in [4.69, 9.17) is 43.8 Å². The molecule has 0 saturated carbocycles. The topological polar surface area (TPSA) is 88.7 Å². The lowest BCUT2D eigenvalue weighted by Crippen LogP contribution is -2.32. The molecular formula is C32H38Cl5N3O3. The van der Waals surface area contributed by atoms with Gasteiger partial charge in [-0.25, -0.2) is 0 Å². The highest BCUT2D eigenvalue weighted by atomic mass is 35.5. The van der Waals surface area contributed by atoms with Gasteiger partial charge in [0.05, 0.1) is 17.3 Å². The quantitative estimate of drug-likeness (QED) is 0.227. The van der Waals surface area contributed by atoms with E-state index in [1.807, 2.05) is 24.4 Å². The molecule has 1 aliphatic heterocycles. The van der Waals surface area contributed by atoms with Gasteiger partial charge in [0.15, 0.2) is 0 Å². The number of nitrogens with two attached hydrogens (primary N) is 1. The fraction of sp³-hybridized carbons (Fsp3) is 0.375. The number of rotatable bonds is 9. The number of carboxylic acids is 1. The molecule has 0 bridgehead atoms. The van der Waals surface area contributed by atoms with Gasteiger partial charge in [-0.05, 0) is 104 Å². The Morgan fingerprint density at radius 2 is 1.72 bits per heavy atom. The number of aromatic nitrogens is 1. The molecule has 3 N–H and O–H groups in total. The van der Waals surface area contributed by atoms with Crippen LogP contribution in [0.4, 0.5) is 0 Å². The third kappa shape index (κ3) is 9.48. The number of carbonyl (C=O) groups is 1. The molecule has 3 aromatic rings. The number of piperidine rings is 1. The number of benzene rings is 2. The first-order chi connectivity index (χ1) is 19.4. The number of hydrogen-bond acceptors (Lipinski definition) is 5. The van der Waals surface area contributed by atoms with Crippen LogP contribution in [0.1, 0.15) is 53.6 Å². The number of fused-ring (bicyclic) bond motifs is 2. The van der Waals surface area contributed by atoms with Crippen LogP contribution in [0.2, 0.25) is 10.0 Å². The smallest absolute Gasteiger partial charge is 0.320 e.